The normalized spacial score (nSPS) is 21.2. The molecule has 24 heavy (non-hydrogen) atoms. The van der Waals surface area contributed by atoms with E-state index in [-0.39, 0.29) is 0 Å². The highest BCUT2D eigenvalue weighted by Gasteiger charge is 2.27. The number of fused-ring (bicyclic) bond motifs is 1. The van der Waals surface area contributed by atoms with Crippen molar-refractivity contribution in [3.05, 3.63) is 53.2 Å². The number of thiophene rings is 1. The van der Waals surface area contributed by atoms with Crippen molar-refractivity contribution in [1.29, 1.82) is 0 Å². The zero-order valence-corrected chi connectivity index (χ0v) is 14.9. The van der Waals surface area contributed by atoms with Crippen LogP contribution in [0.5, 0.6) is 0 Å². The average Bonchev–Trinajstić information content (AvgIpc) is 3.07. The van der Waals surface area contributed by atoms with E-state index >= 15 is 0 Å². The molecule has 1 aromatic carbocycles. The first-order valence-corrected chi connectivity index (χ1v) is 9.61. The summed E-state index contributed by atoms with van der Waals surface area (Å²) >= 11 is 1.81. The van der Waals surface area contributed by atoms with Crippen LogP contribution in [0.15, 0.2) is 42.7 Å². The standard InChI is InChI=1S/C19H22N4S/c1-2-16-12-17-18(20-14-21-19(17)24-16)23-10-8-22(9-11-23)13-15-6-4-3-5-7-15/h3-7,12,14H,2,8-11,13H2,1H3/p+2. The van der Waals surface area contributed by atoms with Gasteiger partial charge in [-0.1, -0.05) is 37.3 Å². The SMILES string of the molecule is CCc1cc2c([NH+]3CC[NH+](Cc4ccccc4)CC3)ncnc2s1. The molecule has 3 aromatic rings. The monoisotopic (exact) mass is 340 g/mol. The van der Waals surface area contributed by atoms with Gasteiger partial charge in [0.15, 0.2) is 0 Å². The van der Waals surface area contributed by atoms with E-state index in [1.165, 1.54) is 39.6 Å². The van der Waals surface area contributed by atoms with Crippen molar-refractivity contribution in [2.75, 3.05) is 26.2 Å². The van der Waals surface area contributed by atoms with Crippen LogP contribution in [-0.2, 0) is 13.0 Å². The number of nitrogens with zero attached hydrogens (tertiary/aromatic N) is 2. The third-order valence-corrected chi connectivity index (χ3v) is 6.11. The minimum Gasteiger partial charge on any atom is -0.322 e. The number of hydrogen-bond acceptors (Lipinski definition) is 3. The molecule has 1 fully saturated rings. The molecule has 0 saturated carbocycles. The first-order chi connectivity index (χ1) is 11.8. The van der Waals surface area contributed by atoms with Gasteiger partial charge in [0.05, 0.1) is 5.39 Å². The summed E-state index contributed by atoms with van der Waals surface area (Å²) in [5, 5.41) is 1.26. The number of hydrogen-bond donors (Lipinski definition) is 2. The molecule has 1 aliphatic rings. The fourth-order valence-corrected chi connectivity index (χ4v) is 4.50. The molecular weight excluding hydrogens is 316 g/mol. The van der Waals surface area contributed by atoms with Gasteiger partial charge in [0, 0.05) is 10.4 Å². The molecule has 124 valence electrons. The number of benzene rings is 1. The highest BCUT2D eigenvalue weighted by atomic mass is 32.1. The fourth-order valence-electron chi connectivity index (χ4n) is 3.56. The van der Waals surface area contributed by atoms with Crippen LogP contribution < -0.4 is 9.80 Å². The molecule has 0 radical (unpaired) electrons. The Morgan fingerprint density at radius 2 is 1.83 bits per heavy atom. The zero-order valence-electron chi connectivity index (χ0n) is 14.1. The highest BCUT2D eigenvalue weighted by Crippen LogP contribution is 2.26. The maximum absolute atomic E-state index is 4.64. The Balaban J connectivity index is 1.47. The zero-order chi connectivity index (χ0) is 16.4. The van der Waals surface area contributed by atoms with Gasteiger partial charge in [-0.3, -0.25) is 4.90 Å². The van der Waals surface area contributed by atoms with Gasteiger partial charge in [-0.25, -0.2) is 4.98 Å². The lowest BCUT2D eigenvalue weighted by molar-refractivity contribution is -0.995. The van der Waals surface area contributed by atoms with Crippen LogP contribution in [0.4, 0.5) is 5.82 Å². The van der Waals surface area contributed by atoms with Crippen molar-refractivity contribution in [3.8, 4) is 0 Å². The molecule has 0 aliphatic carbocycles. The predicted octanol–water partition coefficient (Wildman–Crippen LogP) is 0.869. The van der Waals surface area contributed by atoms with Gasteiger partial charge in [0.1, 0.15) is 43.9 Å². The molecule has 2 N–H and O–H groups in total. The van der Waals surface area contributed by atoms with E-state index in [4.69, 9.17) is 0 Å². The molecule has 4 nitrogen and oxygen atoms in total. The lowest BCUT2D eigenvalue weighted by Gasteiger charge is -2.29. The number of rotatable bonds is 4. The smallest absolute Gasteiger partial charge is 0.238 e. The average molecular weight is 340 g/mol. The van der Waals surface area contributed by atoms with Gasteiger partial charge >= 0.3 is 0 Å². The van der Waals surface area contributed by atoms with E-state index < -0.39 is 0 Å². The number of piperazine rings is 1. The first kappa shape index (κ1) is 15.7. The summed E-state index contributed by atoms with van der Waals surface area (Å²) in [6.07, 6.45) is 2.81. The molecule has 0 amide bonds. The van der Waals surface area contributed by atoms with Gasteiger partial charge in [0.2, 0.25) is 5.82 Å². The van der Waals surface area contributed by atoms with Crippen molar-refractivity contribution in [2.24, 2.45) is 0 Å². The Morgan fingerprint density at radius 3 is 2.58 bits per heavy atom. The van der Waals surface area contributed by atoms with Crippen molar-refractivity contribution in [2.45, 2.75) is 19.9 Å². The van der Waals surface area contributed by atoms with Crippen molar-refractivity contribution < 1.29 is 9.80 Å². The molecule has 0 bridgehead atoms. The molecule has 1 saturated heterocycles. The number of aryl methyl sites for hydroxylation is 1. The Bertz CT molecular complexity index is 807. The number of nitrogens with one attached hydrogen (secondary N) is 2. The van der Waals surface area contributed by atoms with Crippen LogP contribution in [0, 0.1) is 0 Å². The molecule has 5 heteroatoms. The van der Waals surface area contributed by atoms with Crippen molar-refractivity contribution in [3.63, 3.8) is 0 Å². The summed E-state index contributed by atoms with van der Waals surface area (Å²) < 4.78 is 0. The topological polar surface area (TPSA) is 34.7 Å². The lowest BCUT2D eigenvalue weighted by atomic mass is 10.2. The molecule has 4 rings (SSSR count). The molecule has 3 heterocycles. The Labute approximate surface area is 146 Å². The van der Waals surface area contributed by atoms with Gasteiger partial charge in [0.25, 0.3) is 0 Å². The summed E-state index contributed by atoms with van der Waals surface area (Å²) in [7, 11) is 0. The third-order valence-electron chi connectivity index (χ3n) is 4.92. The van der Waals surface area contributed by atoms with Crippen molar-refractivity contribution in [1.82, 2.24) is 9.97 Å². The lowest BCUT2D eigenvalue weighted by Crippen LogP contribution is -3.25. The quantitative estimate of drug-likeness (QED) is 0.739. The van der Waals surface area contributed by atoms with Crippen LogP contribution in [0.3, 0.4) is 0 Å². The maximum Gasteiger partial charge on any atom is 0.238 e. The molecule has 0 unspecified atom stereocenters. The van der Waals surface area contributed by atoms with Crippen LogP contribution in [0.1, 0.15) is 17.4 Å². The Kier molecular flexibility index (Phi) is 4.56. The van der Waals surface area contributed by atoms with E-state index in [9.17, 15) is 0 Å². The summed E-state index contributed by atoms with van der Waals surface area (Å²) in [6, 6.07) is 13.1. The van der Waals surface area contributed by atoms with Crippen LogP contribution >= 0.6 is 11.3 Å². The molecular formula is C19H24N4S+2. The number of quaternary nitrogens is 2. The molecule has 1 aliphatic heterocycles. The summed E-state index contributed by atoms with van der Waals surface area (Å²) in [4.78, 5) is 14.8. The third kappa shape index (κ3) is 3.20. The van der Waals surface area contributed by atoms with Crippen LogP contribution in [-0.4, -0.2) is 36.1 Å². The largest absolute Gasteiger partial charge is 0.322 e. The van der Waals surface area contributed by atoms with Gasteiger partial charge in [-0.2, -0.15) is 4.98 Å². The van der Waals surface area contributed by atoms with Gasteiger partial charge < -0.3 is 4.90 Å². The highest BCUT2D eigenvalue weighted by molar-refractivity contribution is 7.18. The van der Waals surface area contributed by atoms with E-state index in [0.29, 0.717) is 0 Å². The van der Waals surface area contributed by atoms with E-state index in [1.54, 1.807) is 11.2 Å². The fraction of sp³-hybridized carbons (Fsp3) is 0.368. The summed E-state index contributed by atoms with van der Waals surface area (Å²) in [5.74, 6) is 1.20. The van der Waals surface area contributed by atoms with E-state index in [0.717, 1.165) is 30.9 Å². The van der Waals surface area contributed by atoms with Crippen molar-refractivity contribution >= 4 is 27.4 Å². The van der Waals surface area contributed by atoms with Gasteiger partial charge in [-0.15, -0.1) is 11.3 Å². The number of aromatic nitrogens is 2. The minimum absolute atomic E-state index is 1.07. The maximum atomic E-state index is 4.64. The Hall–Kier alpha value is -1.82. The van der Waals surface area contributed by atoms with Crippen LogP contribution in [0.25, 0.3) is 10.2 Å². The minimum atomic E-state index is 1.07. The van der Waals surface area contributed by atoms with Gasteiger partial charge in [-0.05, 0) is 12.5 Å². The second-order valence-electron chi connectivity index (χ2n) is 6.52. The summed E-state index contributed by atoms with van der Waals surface area (Å²) in [5.41, 5.74) is 1.44. The van der Waals surface area contributed by atoms with Crippen LogP contribution in [0.2, 0.25) is 0 Å². The first-order valence-electron chi connectivity index (χ1n) is 8.79. The Morgan fingerprint density at radius 1 is 1.04 bits per heavy atom. The summed E-state index contributed by atoms with van der Waals surface area (Å²) in [6.45, 7) is 8.01. The molecule has 0 spiro atoms. The second-order valence-corrected chi connectivity index (χ2v) is 7.64. The van der Waals surface area contributed by atoms with E-state index in [1.807, 2.05) is 11.3 Å². The van der Waals surface area contributed by atoms with E-state index in [2.05, 4.69) is 53.3 Å². The molecule has 2 aromatic heterocycles. The molecule has 0 atom stereocenters. The second kappa shape index (κ2) is 6.97. The predicted molar refractivity (Wildman–Crippen MR) is 98.0 cm³/mol.